The van der Waals surface area contributed by atoms with Crippen molar-refractivity contribution in [3.05, 3.63) is 42.5 Å². The van der Waals surface area contributed by atoms with Crippen LogP contribution in [0.25, 0.3) is 0 Å². The van der Waals surface area contributed by atoms with Crippen molar-refractivity contribution in [3.63, 3.8) is 0 Å². The molecule has 0 heterocycles. The molecule has 120 valence electrons. The SMILES string of the molecule is C.C=CCN.Nc1ccc(C(=O)NCCS(=O)(=O)O)cc1. The van der Waals surface area contributed by atoms with E-state index in [-0.39, 0.29) is 14.0 Å². The van der Waals surface area contributed by atoms with E-state index in [0.29, 0.717) is 17.8 Å². The summed E-state index contributed by atoms with van der Waals surface area (Å²) in [7, 11) is -4.04. The van der Waals surface area contributed by atoms with Crippen molar-refractivity contribution in [2.24, 2.45) is 5.73 Å². The largest absolute Gasteiger partial charge is 0.399 e. The van der Waals surface area contributed by atoms with Crippen molar-refractivity contribution >= 4 is 21.7 Å². The third kappa shape index (κ3) is 11.6. The molecule has 1 amide bonds. The highest BCUT2D eigenvalue weighted by molar-refractivity contribution is 7.85. The van der Waals surface area contributed by atoms with E-state index in [9.17, 15) is 13.2 Å². The van der Waals surface area contributed by atoms with Gasteiger partial charge in [-0.25, -0.2) is 0 Å². The molecule has 21 heavy (non-hydrogen) atoms. The number of carbonyl (C=O) groups excluding carboxylic acids is 1. The van der Waals surface area contributed by atoms with Crippen LogP contribution in [0, 0.1) is 0 Å². The van der Waals surface area contributed by atoms with Gasteiger partial charge in [0, 0.05) is 24.3 Å². The van der Waals surface area contributed by atoms with Crippen LogP contribution in [0.5, 0.6) is 0 Å². The van der Waals surface area contributed by atoms with E-state index in [1.807, 2.05) is 0 Å². The summed E-state index contributed by atoms with van der Waals surface area (Å²) in [5.41, 5.74) is 11.3. The van der Waals surface area contributed by atoms with Crippen LogP contribution in [0.4, 0.5) is 5.69 Å². The summed E-state index contributed by atoms with van der Waals surface area (Å²) in [5.74, 6) is -0.920. The number of nitrogen functional groups attached to an aromatic ring is 1. The Kier molecular flexibility index (Phi) is 11.0. The topological polar surface area (TPSA) is 136 Å². The highest BCUT2D eigenvalue weighted by Crippen LogP contribution is 2.04. The minimum Gasteiger partial charge on any atom is -0.399 e. The molecule has 0 unspecified atom stereocenters. The molecule has 0 saturated heterocycles. The molecular weight excluding hydrogens is 294 g/mol. The number of hydrogen-bond donors (Lipinski definition) is 4. The second kappa shape index (κ2) is 10.8. The Labute approximate surface area is 125 Å². The van der Waals surface area contributed by atoms with Gasteiger partial charge in [-0.2, -0.15) is 8.42 Å². The summed E-state index contributed by atoms with van der Waals surface area (Å²) in [6.07, 6.45) is 1.65. The van der Waals surface area contributed by atoms with Crippen LogP contribution in [0.15, 0.2) is 36.9 Å². The Morgan fingerprint density at radius 1 is 1.33 bits per heavy atom. The first-order valence-corrected chi connectivity index (χ1v) is 7.31. The second-order valence-electron chi connectivity index (χ2n) is 3.69. The minimum absolute atomic E-state index is 0. The van der Waals surface area contributed by atoms with Gasteiger partial charge in [-0.05, 0) is 24.3 Å². The molecule has 1 aromatic rings. The van der Waals surface area contributed by atoms with Gasteiger partial charge in [0.15, 0.2) is 0 Å². The first-order chi connectivity index (χ1) is 9.30. The Bertz CT molecular complexity index is 527. The van der Waals surface area contributed by atoms with E-state index in [1.165, 1.54) is 12.1 Å². The number of nitrogens with two attached hydrogens (primary N) is 2. The fourth-order valence-corrected chi connectivity index (χ4v) is 1.39. The maximum Gasteiger partial charge on any atom is 0.266 e. The average molecular weight is 317 g/mol. The average Bonchev–Trinajstić information content (AvgIpc) is 2.38. The van der Waals surface area contributed by atoms with Gasteiger partial charge < -0.3 is 16.8 Å². The number of anilines is 1. The first-order valence-electron chi connectivity index (χ1n) is 5.70. The predicted octanol–water partition coefficient (Wildman–Crippen LogP) is 0.654. The van der Waals surface area contributed by atoms with E-state index in [4.69, 9.17) is 16.0 Å². The third-order valence-corrected chi connectivity index (χ3v) is 2.71. The summed E-state index contributed by atoms with van der Waals surface area (Å²) in [6, 6.07) is 6.19. The number of benzene rings is 1. The van der Waals surface area contributed by atoms with Gasteiger partial charge in [0.25, 0.3) is 16.0 Å². The zero-order chi connectivity index (χ0) is 15.6. The highest BCUT2D eigenvalue weighted by Gasteiger charge is 2.07. The highest BCUT2D eigenvalue weighted by atomic mass is 32.2. The minimum atomic E-state index is -4.04. The number of hydrogen-bond acceptors (Lipinski definition) is 5. The van der Waals surface area contributed by atoms with Gasteiger partial charge in [0.1, 0.15) is 0 Å². The van der Waals surface area contributed by atoms with E-state index in [2.05, 4.69) is 11.9 Å². The lowest BCUT2D eigenvalue weighted by Crippen LogP contribution is -2.28. The van der Waals surface area contributed by atoms with Crippen molar-refractivity contribution in [2.75, 3.05) is 24.6 Å². The quantitative estimate of drug-likeness (QED) is 0.358. The first kappa shape index (κ1) is 21.4. The van der Waals surface area contributed by atoms with Gasteiger partial charge in [0.2, 0.25) is 0 Å². The molecule has 7 nitrogen and oxygen atoms in total. The van der Waals surface area contributed by atoms with Crippen LogP contribution in [0.2, 0.25) is 0 Å². The molecule has 0 saturated carbocycles. The Morgan fingerprint density at radius 3 is 2.19 bits per heavy atom. The van der Waals surface area contributed by atoms with Crippen molar-refractivity contribution in [1.82, 2.24) is 5.32 Å². The summed E-state index contributed by atoms with van der Waals surface area (Å²) in [5, 5.41) is 2.36. The molecule has 0 bridgehead atoms. The summed E-state index contributed by atoms with van der Waals surface area (Å²) < 4.78 is 29.2. The molecule has 0 aliphatic heterocycles. The van der Waals surface area contributed by atoms with Gasteiger partial charge in [-0.3, -0.25) is 9.35 Å². The summed E-state index contributed by atoms with van der Waals surface area (Å²) in [6.45, 7) is 3.80. The van der Waals surface area contributed by atoms with Gasteiger partial charge in [0.05, 0.1) is 5.75 Å². The van der Waals surface area contributed by atoms with Crippen molar-refractivity contribution in [1.29, 1.82) is 0 Å². The molecule has 0 aromatic heterocycles. The second-order valence-corrected chi connectivity index (χ2v) is 5.26. The molecule has 0 radical (unpaired) electrons. The number of carbonyl (C=O) groups is 1. The smallest absolute Gasteiger partial charge is 0.266 e. The summed E-state index contributed by atoms with van der Waals surface area (Å²) >= 11 is 0. The zero-order valence-electron chi connectivity index (χ0n) is 11.0. The number of amides is 1. The van der Waals surface area contributed by atoms with Crippen LogP contribution >= 0.6 is 0 Å². The molecule has 1 aromatic carbocycles. The van der Waals surface area contributed by atoms with Crippen LogP contribution in [-0.2, 0) is 10.1 Å². The summed E-state index contributed by atoms with van der Waals surface area (Å²) in [4.78, 5) is 11.4. The van der Waals surface area contributed by atoms with E-state index in [1.54, 1.807) is 18.2 Å². The molecule has 6 N–H and O–H groups in total. The lowest BCUT2D eigenvalue weighted by molar-refractivity contribution is 0.0956. The van der Waals surface area contributed by atoms with Gasteiger partial charge in [-0.15, -0.1) is 6.58 Å². The zero-order valence-corrected chi connectivity index (χ0v) is 11.8. The van der Waals surface area contributed by atoms with Crippen molar-refractivity contribution in [3.8, 4) is 0 Å². The maximum absolute atomic E-state index is 11.4. The molecule has 0 fully saturated rings. The van der Waals surface area contributed by atoms with Crippen LogP contribution in [0.3, 0.4) is 0 Å². The van der Waals surface area contributed by atoms with Crippen molar-refractivity contribution < 1.29 is 17.8 Å². The number of rotatable bonds is 5. The number of nitrogens with one attached hydrogen (secondary N) is 1. The molecule has 0 spiro atoms. The fourth-order valence-electron chi connectivity index (χ4n) is 1.03. The lowest BCUT2D eigenvalue weighted by Gasteiger charge is -2.03. The van der Waals surface area contributed by atoms with E-state index < -0.39 is 21.8 Å². The van der Waals surface area contributed by atoms with E-state index in [0.717, 1.165) is 0 Å². The molecule has 1 rings (SSSR count). The van der Waals surface area contributed by atoms with Crippen molar-refractivity contribution in [2.45, 2.75) is 7.43 Å². The van der Waals surface area contributed by atoms with Crippen LogP contribution in [-0.4, -0.2) is 37.7 Å². The van der Waals surface area contributed by atoms with Crippen LogP contribution < -0.4 is 16.8 Å². The Morgan fingerprint density at radius 2 is 1.81 bits per heavy atom. The standard InChI is InChI=1S/C9H12N2O4S.C3H7N.CH4/c10-8-3-1-7(2-4-8)9(12)11-5-6-16(13,14)15;1-2-3-4;/h1-4H,5-6,10H2,(H,11,12)(H,13,14,15);2H,1,3-4H2;1H4. The molecular formula is C13H23N3O4S. The molecule has 0 aliphatic carbocycles. The normalized spacial score (nSPS) is 9.62. The Hall–Kier alpha value is -1.90. The fraction of sp³-hybridized carbons (Fsp3) is 0.308. The molecule has 0 aliphatic rings. The molecule has 0 atom stereocenters. The van der Waals surface area contributed by atoms with E-state index >= 15 is 0 Å². The van der Waals surface area contributed by atoms with Gasteiger partial charge in [-0.1, -0.05) is 13.5 Å². The monoisotopic (exact) mass is 317 g/mol. The van der Waals surface area contributed by atoms with Crippen LogP contribution in [0.1, 0.15) is 17.8 Å². The Balaban J connectivity index is 0. The molecule has 8 heteroatoms. The maximum atomic E-state index is 11.4. The third-order valence-electron chi connectivity index (χ3n) is 1.99. The lowest BCUT2D eigenvalue weighted by atomic mass is 10.2. The predicted molar refractivity (Wildman–Crippen MR) is 85.6 cm³/mol. The van der Waals surface area contributed by atoms with Gasteiger partial charge >= 0.3 is 0 Å².